The number of carbonyl (C=O) groups is 1. The van der Waals surface area contributed by atoms with E-state index in [0.29, 0.717) is 6.54 Å². The molecule has 0 saturated carbocycles. The number of carbonyl (C=O) groups excluding carboxylic acids is 1. The van der Waals surface area contributed by atoms with Crippen LogP contribution in [0.4, 0.5) is 5.69 Å². The normalized spacial score (nSPS) is 17.4. The van der Waals surface area contributed by atoms with Gasteiger partial charge in [-0.3, -0.25) is 4.79 Å². The fourth-order valence-corrected chi connectivity index (χ4v) is 2.43. The van der Waals surface area contributed by atoms with Crippen LogP contribution in [0.5, 0.6) is 0 Å². The quantitative estimate of drug-likeness (QED) is 0.781. The van der Waals surface area contributed by atoms with Gasteiger partial charge in [0.2, 0.25) is 5.91 Å². The van der Waals surface area contributed by atoms with Crippen LogP contribution < -0.4 is 10.6 Å². The summed E-state index contributed by atoms with van der Waals surface area (Å²) in [4.78, 5) is 19.3. The summed E-state index contributed by atoms with van der Waals surface area (Å²) in [7, 11) is 0. The monoisotopic (exact) mass is 256 g/mol. The van der Waals surface area contributed by atoms with E-state index in [-0.39, 0.29) is 11.8 Å². The highest BCUT2D eigenvalue weighted by atomic mass is 16.1. The van der Waals surface area contributed by atoms with E-state index < -0.39 is 0 Å². The summed E-state index contributed by atoms with van der Waals surface area (Å²) in [5.41, 5.74) is 2.14. The number of H-pyrrole nitrogens is 1. The number of fused-ring (bicyclic) bond motifs is 1. The third kappa shape index (κ3) is 2.45. The van der Waals surface area contributed by atoms with Crippen LogP contribution in [-0.4, -0.2) is 22.4 Å². The Labute approximate surface area is 111 Å². The minimum Gasteiger partial charge on any atom is -0.385 e. The molecule has 1 aliphatic rings. The van der Waals surface area contributed by atoms with Gasteiger partial charge in [0.15, 0.2) is 0 Å². The molecule has 3 rings (SSSR count). The lowest BCUT2D eigenvalue weighted by Crippen LogP contribution is -2.32. The van der Waals surface area contributed by atoms with Gasteiger partial charge in [-0.2, -0.15) is 0 Å². The Balaban J connectivity index is 1.71. The van der Waals surface area contributed by atoms with E-state index in [4.69, 9.17) is 0 Å². The molecule has 5 nitrogen and oxygen atoms in total. The Morgan fingerprint density at radius 2 is 2.32 bits per heavy atom. The minimum atomic E-state index is -0.0765. The molecule has 0 spiro atoms. The van der Waals surface area contributed by atoms with Crippen molar-refractivity contribution in [3.8, 4) is 0 Å². The maximum absolute atomic E-state index is 12.3. The number of nitrogens with zero attached hydrogens (tertiary/aromatic N) is 1. The van der Waals surface area contributed by atoms with E-state index in [2.05, 4.69) is 20.6 Å². The van der Waals surface area contributed by atoms with Crippen LogP contribution in [0.15, 0.2) is 36.7 Å². The number of nitrogens with one attached hydrogen (secondary N) is 3. The summed E-state index contributed by atoms with van der Waals surface area (Å²) >= 11 is 0. The first kappa shape index (κ1) is 11.8. The SMILES string of the molecule is O=C(NCc1ncc[nH]1)C1CCNc2ccccc21. The molecule has 1 amide bonds. The molecular weight excluding hydrogens is 240 g/mol. The zero-order chi connectivity index (χ0) is 13.1. The highest BCUT2D eigenvalue weighted by Gasteiger charge is 2.25. The third-order valence-electron chi connectivity index (χ3n) is 3.39. The molecule has 0 bridgehead atoms. The van der Waals surface area contributed by atoms with Crippen molar-refractivity contribution in [2.75, 3.05) is 11.9 Å². The lowest BCUT2D eigenvalue weighted by Gasteiger charge is -2.25. The number of anilines is 1. The molecule has 1 aromatic heterocycles. The van der Waals surface area contributed by atoms with Gasteiger partial charge in [-0.05, 0) is 18.1 Å². The number of benzene rings is 1. The number of hydrogen-bond donors (Lipinski definition) is 3. The molecule has 2 aromatic rings. The molecule has 3 N–H and O–H groups in total. The van der Waals surface area contributed by atoms with Crippen LogP contribution in [-0.2, 0) is 11.3 Å². The standard InChI is InChI=1S/C14H16N4O/c19-14(18-9-13-16-7-8-17-13)11-5-6-15-12-4-2-1-3-10(11)12/h1-4,7-8,11,15H,5-6,9H2,(H,16,17)(H,18,19). The molecule has 19 heavy (non-hydrogen) atoms. The summed E-state index contributed by atoms with van der Waals surface area (Å²) in [5.74, 6) is 0.758. The van der Waals surface area contributed by atoms with Gasteiger partial charge in [-0.1, -0.05) is 18.2 Å². The summed E-state index contributed by atoms with van der Waals surface area (Å²) in [6, 6.07) is 7.98. The second-order valence-corrected chi connectivity index (χ2v) is 4.61. The maximum atomic E-state index is 12.3. The molecule has 5 heteroatoms. The Morgan fingerprint density at radius 3 is 3.16 bits per heavy atom. The molecule has 2 heterocycles. The number of aromatic nitrogens is 2. The number of imidazole rings is 1. The average molecular weight is 256 g/mol. The van der Waals surface area contributed by atoms with Gasteiger partial charge in [0.25, 0.3) is 0 Å². The zero-order valence-electron chi connectivity index (χ0n) is 10.5. The Kier molecular flexibility index (Phi) is 3.18. The van der Waals surface area contributed by atoms with Crippen LogP contribution in [0.3, 0.4) is 0 Å². The van der Waals surface area contributed by atoms with Crippen molar-refractivity contribution < 1.29 is 4.79 Å². The van der Waals surface area contributed by atoms with Crippen molar-refractivity contribution in [2.24, 2.45) is 0 Å². The van der Waals surface area contributed by atoms with Crippen LogP contribution >= 0.6 is 0 Å². The molecule has 0 radical (unpaired) electrons. The van der Waals surface area contributed by atoms with Crippen LogP contribution in [0, 0.1) is 0 Å². The Hall–Kier alpha value is -2.30. The summed E-state index contributed by atoms with van der Waals surface area (Å²) in [6.45, 7) is 1.27. The van der Waals surface area contributed by atoms with Crippen molar-refractivity contribution in [1.82, 2.24) is 15.3 Å². The van der Waals surface area contributed by atoms with Crippen molar-refractivity contribution in [3.63, 3.8) is 0 Å². The molecular formula is C14H16N4O. The first-order valence-electron chi connectivity index (χ1n) is 6.43. The number of rotatable bonds is 3. The van der Waals surface area contributed by atoms with E-state index >= 15 is 0 Å². The molecule has 1 aromatic carbocycles. The first-order valence-corrected chi connectivity index (χ1v) is 6.43. The van der Waals surface area contributed by atoms with Gasteiger partial charge in [0.05, 0.1) is 12.5 Å². The van der Waals surface area contributed by atoms with Crippen molar-refractivity contribution in [3.05, 3.63) is 48.0 Å². The highest BCUT2D eigenvalue weighted by molar-refractivity contribution is 5.86. The number of para-hydroxylation sites is 1. The van der Waals surface area contributed by atoms with Crippen LogP contribution in [0.25, 0.3) is 0 Å². The smallest absolute Gasteiger partial charge is 0.228 e. The van der Waals surface area contributed by atoms with Crippen LogP contribution in [0.1, 0.15) is 23.7 Å². The van der Waals surface area contributed by atoms with Crippen molar-refractivity contribution in [1.29, 1.82) is 0 Å². The predicted molar refractivity (Wildman–Crippen MR) is 72.7 cm³/mol. The highest BCUT2D eigenvalue weighted by Crippen LogP contribution is 2.31. The Morgan fingerprint density at radius 1 is 1.42 bits per heavy atom. The molecule has 1 unspecified atom stereocenters. The summed E-state index contributed by atoms with van der Waals surface area (Å²) in [5, 5.41) is 6.25. The lowest BCUT2D eigenvalue weighted by atomic mass is 9.90. The first-order chi connectivity index (χ1) is 9.34. The topological polar surface area (TPSA) is 69.8 Å². The van der Waals surface area contributed by atoms with Gasteiger partial charge in [-0.25, -0.2) is 4.98 Å². The fraction of sp³-hybridized carbons (Fsp3) is 0.286. The Bertz CT molecular complexity index is 565. The number of amides is 1. The van der Waals surface area contributed by atoms with E-state index in [9.17, 15) is 4.79 Å². The van der Waals surface area contributed by atoms with E-state index in [0.717, 1.165) is 30.0 Å². The molecule has 0 saturated heterocycles. The predicted octanol–water partition coefficient (Wildman–Crippen LogP) is 1.63. The van der Waals surface area contributed by atoms with Gasteiger partial charge in [0, 0.05) is 24.6 Å². The second-order valence-electron chi connectivity index (χ2n) is 4.61. The number of hydrogen-bond acceptors (Lipinski definition) is 3. The lowest BCUT2D eigenvalue weighted by molar-refractivity contribution is -0.122. The number of aromatic amines is 1. The zero-order valence-corrected chi connectivity index (χ0v) is 10.5. The van der Waals surface area contributed by atoms with E-state index in [1.54, 1.807) is 12.4 Å². The summed E-state index contributed by atoms with van der Waals surface area (Å²) < 4.78 is 0. The summed E-state index contributed by atoms with van der Waals surface area (Å²) in [6.07, 6.45) is 4.25. The van der Waals surface area contributed by atoms with Crippen molar-refractivity contribution in [2.45, 2.75) is 18.9 Å². The molecule has 0 aliphatic carbocycles. The molecule has 1 aliphatic heterocycles. The van der Waals surface area contributed by atoms with Crippen LogP contribution in [0.2, 0.25) is 0 Å². The minimum absolute atomic E-state index is 0.0605. The average Bonchev–Trinajstić information content (AvgIpc) is 2.97. The molecule has 98 valence electrons. The van der Waals surface area contributed by atoms with Crippen molar-refractivity contribution >= 4 is 11.6 Å². The van der Waals surface area contributed by atoms with Gasteiger partial charge >= 0.3 is 0 Å². The van der Waals surface area contributed by atoms with E-state index in [1.165, 1.54) is 0 Å². The maximum Gasteiger partial charge on any atom is 0.228 e. The van der Waals surface area contributed by atoms with Gasteiger partial charge < -0.3 is 15.6 Å². The fourth-order valence-electron chi connectivity index (χ4n) is 2.43. The van der Waals surface area contributed by atoms with E-state index in [1.807, 2.05) is 24.3 Å². The van der Waals surface area contributed by atoms with Gasteiger partial charge in [0.1, 0.15) is 5.82 Å². The second kappa shape index (κ2) is 5.14. The van der Waals surface area contributed by atoms with Gasteiger partial charge in [-0.15, -0.1) is 0 Å². The largest absolute Gasteiger partial charge is 0.385 e. The molecule has 0 fully saturated rings. The molecule has 1 atom stereocenters. The third-order valence-corrected chi connectivity index (χ3v) is 3.39.